The number of hydrogen-bond donors (Lipinski definition) is 2. The molecule has 60 valence electrons. The van der Waals surface area contributed by atoms with Gasteiger partial charge in [-0.1, -0.05) is 0 Å². The third-order valence-corrected chi connectivity index (χ3v) is 2.45. The Kier molecular flexibility index (Phi) is 2.14. The molecule has 0 unspecified atom stereocenters. The molecule has 0 fully saturated rings. The van der Waals surface area contributed by atoms with Gasteiger partial charge in [0.2, 0.25) is 0 Å². The summed E-state index contributed by atoms with van der Waals surface area (Å²) in [7, 11) is 0. The summed E-state index contributed by atoms with van der Waals surface area (Å²) in [6.07, 6.45) is 0. The van der Waals surface area contributed by atoms with Crippen molar-refractivity contribution in [3.05, 3.63) is 22.8 Å². The molecule has 1 aromatic rings. The number of phenols is 1. The lowest BCUT2D eigenvalue weighted by atomic mass is 10.0. The third-order valence-electron chi connectivity index (χ3n) is 2.11. The summed E-state index contributed by atoms with van der Waals surface area (Å²) in [6, 6.07) is 1.88. The summed E-state index contributed by atoms with van der Waals surface area (Å²) < 4.78 is 0. The van der Waals surface area contributed by atoms with Gasteiger partial charge in [-0.2, -0.15) is 0 Å². The molecule has 0 aliphatic carbocycles. The summed E-state index contributed by atoms with van der Waals surface area (Å²) in [5.41, 5.74) is 3.24. The minimum atomic E-state index is 0.302. The predicted octanol–water partition coefficient (Wildman–Crippen LogP) is 2.61. The first-order valence-corrected chi connectivity index (χ1v) is 3.97. The first kappa shape index (κ1) is 8.47. The Balaban J connectivity index is 3.46. The van der Waals surface area contributed by atoms with Crippen LogP contribution in [0.25, 0.3) is 0 Å². The van der Waals surface area contributed by atoms with Gasteiger partial charge in [0.05, 0.1) is 0 Å². The lowest BCUT2D eigenvalue weighted by molar-refractivity contribution is 0.457. The number of aryl methyl sites for hydroxylation is 1. The van der Waals surface area contributed by atoms with Crippen LogP contribution in [0.2, 0.25) is 0 Å². The summed E-state index contributed by atoms with van der Waals surface area (Å²) in [6.45, 7) is 5.91. The normalized spacial score (nSPS) is 10.2. The van der Waals surface area contributed by atoms with E-state index < -0.39 is 0 Å². The maximum absolute atomic E-state index is 9.44. The Labute approximate surface area is 72.5 Å². The number of thiol groups is 1. The van der Waals surface area contributed by atoms with Crippen molar-refractivity contribution in [3.63, 3.8) is 0 Å². The number of aromatic hydroxyl groups is 1. The molecule has 0 aromatic heterocycles. The van der Waals surface area contributed by atoms with Crippen LogP contribution in [0.3, 0.4) is 0 Å². The lowest BCUT2D eigenvalue weighted by Gasteiger charge is -2.08. The molecule has 0 radical (unpaired) electrons. The fourth-order valence-electron chi connectivity index (χ4n) is 1.05. The first-order chi connectivity index (χ1) is 5.04. The lowest BCUT2D eigenvalue weighted by Crippen LogP contribution is -1.87. The van der Waals surface area contributed by atoms with E-state index in [1.165, 1.54) is 5.56 Å². The van der Waals surface area contributed by atoms with Gasteiger partial charge < -0.3 is 5.11 Å². The minimum Gasteiger partial charge on any atom is -0.507 e. The Morgan fingerprint density at radius 2 is 1.73 bits per heavy atom. The Bertz CT molecular complexity index is 266. The summed E-state index contributed by atoms with van der Waals surface area (Å²) in [5, 5.41) is 9.44. The van der Waals surface area contributed by atoms with Crippen molar-refractivity contribution < 1.29 is 5.11 Å². The Morgan fingerprint density at radius 3 is 2.27 bits per heavy atom. The molecule has 0 spiro atoms. The van der Waals surface area contributed by atoms with E-state index in [1.54, 1.807) is 0 Å². The van der Waals surface area contributed by atoms with Crippen LogP contribution >= 0.6 is 12.6 Å². The average molecular weight is 168 g/mol. The van der Waals surface area contributed by atoms with Crippen LogP contribution in [0.1, 0.15) is 16.7 Å². The van der Waals surface area contributed by atoms with Crippen LogP contribution in [0.5, 0.6) is 5.75 Å². The minimum absolute atomic E-state index is 0.302. The van der Waals surface area contributed by atoms with Crippen molar-refractivity contribution in [1.29, 1.82) is 0 Å². The molecule has 0 atom stereocenters. The number of benzene rings is 1. The van der Waals surface area contributed by atoms with Gasteiger partial charge in [0, 0.05) is 4.90 Å². The topological polar surface area (TPSA) is 20.2 Å². The van der Waals surface area contributed by atoms with Gasteiger partial charge in [0.1, 0.15) is 5.75 Å². The molecule has 1 N–H and O–H groups in total. The van der Waals surface area contributed by atoms with Gasteiger partial charge in [0.25, 0.3) is 0 Å². The Hall–Kier alpha value is -0.630. The van der Waals surface area contributed by atoms with E-state index in [2.05, 4.69) is 12.6 Å². The molecule has 0 bridgehead atoms. The van der Waals surface area contributed by atoms with Crippen LogP contribution in [-0.2, 0) is 0 Å². The number of hydrogen-bond acceptors (Lipinski definition) is 2. The highest BCUT2D eigenvalue weighted by atomic mass is 32.1. The van der Waals surface area contributed by atoms with Gasteiger partial charge in [-0.3, -0.25) is 0 Å². The van der Waals surface area contributed by atoms with E-state index in [0.29, 0.717) is 10.6 Å². The third kappa shape index (κ3) is 1.36. The molecule has 0 saturated heterocycles. The van der Waals surface area contributed by atoms with Gasteiger partial charge in [-0.25, -0.2) is 0 Å². The van der Waals surface area contributed by atoms with Crippen molar-refractivity contribution >= 4 is 12.6 Å². The van der Waals surface area contributed by atoms with Gasteiger partial charge in [-0.15, -0.1) is 12.6 Å². The molecule has 1 aromatic carbocycles. The average Bonchev–Trinajstić information content (AvgIpc) is 1.97. The molecule has 1 rings (SSSR count). The molecular weight excluding hydrogens is 156 g/mol. The van der Waals surface area contributed by atoms with Crippen LogP contribution < -0.4 is 0 Å². The zero-order valence-electron chi connectivity index (χ0n) is 6.97. The molecule has 1 nitrogen and oxygen atoms in total. The van der Waals surface area contributed by atoms with Gasteiger partial charge in [-0.05, 0) is 43.5 Å². The van der Waals surface area contributed by atoms with Crippen LogP contribution in [0, 0.1) is 20.8 Å². The van der Waals surface area contributed by atoms with Gasteiger partial charge >= 0.3 is 0 Å². The smallest absolute Gasteiger partial charge is 0.132 e. The molecule has 11 heavy (non-hydrogen) atoms. The second kappa shape index (κ2) is 2.78. The largest absolute Gasteiger partial charge is 0.507 e. The highest BCUT2D eigenvalue weighted by Crippen LogP contribution is 2.29. The van der Waals surface area contributed by atoms with Crippen molar-refractivity contribution in [2.75, 3.05) is 0 Å². The summed E-state index contributed by atoms with van der Waals surface area (Å²) >= 11 is 4.13. The zero-order valence-corrected chi connectivity index (χ0v) is 7.87. The molecule has 2 heteroatoms. The Morgan fingerprint density at radius 1 is 1.18 bits per heavy atom. The molecule has 0 saturated carbocycles. The number of rotatable bonds is 0. The maximum atomic E-state index is 9.44. The van der Waals surface area contributed by atoms with Crippen molar-refractivity contribution in [2.45, 2.75) is 25.7 Å². The monoisotopic (exact) mass is 168 g/mol. The fraction of sp³-hybridized carbons (Fsp3) is 0.333. The molecule has 0 amide bonds. The highest BCUT2D eigenvalue weighted by Gasteiger charge is 2.05. The maximum Gasteiger partial charge on any atom is 0.132 e. The number of phenolic OH excluding ortho intramolecular Hbond substituents is 1. The SMILES string of the molecule is Cc1cc(S)c(O)c(C)c1C. The van der Waals surface area contributed by atoms with Crippen LogP contribution in [0.15, 0.2) is 11.0 Å². The van der Waals surface area contributed by atoms with E-state index in [9.17, 15) is 5.11 Å². The first-order valence-electron chi connectivity index (χ1n) is 3.52. The summed E-state index contributed by atoms with van der Waals surface area (Å²) in [4.78, 5) is 0.658. The van der Waals surface area contributed by atoms with E-state index >= 15 is 0 Å². The zero-order chi connectivity index (χ0) is 8.59. The second-order valence-corrected chi connectivity index (χ2v) is 3.29. The standard InChI is InChI=1S/C9H12OS/c1-5-4-8(11)9(10)7(3)6(5)2/h4,10-11H,1-3H3. The molecule has 0 aliphatic heterocycles. The van der Waals surface area contributed by atoms with Crippen molar-refractivity contribution in [2.24, 2.45) is 0 Å². The highest BCUT2D eigenvalue weighted by molar-refractivity contribution is 7.80. The molecule has 0 heterocycles. The fourth-order valence-corrected chi connectivity index (χ4v) is 1.41. The van der Waals surface area contributed by atoms with E-state index in [4.69, 9.17) is 0 Å². The summed E-state index contributed by atoms with van der Waals surface area (Å²) in [5.74, 6) is 0.302. The van der Waals surface area contributed by atoms with Crippen molar-refractivity contribution in [3.8, 4) is 5.75 Å². The molecule has 0 aliphatic rings. The van der Waals surface area contributed by atoms with E-state index in [1.807, 2.05) is 26.8 Å². The van der Waals surface area contributed by atoms with E-state index in [-0.39, 0.29) is 0 Å². The van der Waals surface area contributed by atoms with Gasteiger partial charge in [0.15, 0.2) is 0 Å². The quantitative estimate of drug-likeness (QED) is 0.570. The van der Waals surface area contributed by atoms with Crippen LogP contribution in [-0.4, -0.2) is 5.11 Å². The predicted molar refractivity (Wildman–Crippen MR) is 49.6 cm³/mol. The molecular formula is C9H12OS. The van der Waals surface area contributed by atoms with Crippen molar-refractivity contribution in [1.82, 2.24) is 0 Å². The second-order valence-electron chi connectivity index (χ2n) is 2.81. The van der Waals surface area contributed by atoms with E-state index in [0.717, 1.165) is 11.1 Å². The van der Waals surface area contributed by atoms with Crippen LogP contribution in [0.4, 0.5) is 0 Å².